The van der Waals surface area contributed by atoms with Crippen LogP contribution in [0.25, 0.3) is 5.57 Å². The molecule has 0 N–H and O–H groups in total. The van der Waals surface area contributed by atoms with Gasteiger partial charge in [-0.1, -0.05) is 29.3 Å². The smallest absolute Gasteiger partial charge is 0.339 e. The molecule has 0 aliphatic rings. The Bertz CT molecular complexity index is 538. The second-order valence-electron chi connectivity index (χ2n) is 3.65. The van der Waals surface area contributed by atoms with E-state index in [4.69, 9.17) is 32.7 Å². The SMILES string of the molecule is CCOC(=O)C=C(C(=O)OCC)c1ccc(Cl)cc1Cl. The van der Waals surface area contributed by atoms with Gasteiger partial charge in [-0.3, -0.25) is 0 Å². The number of hydrogen-bond acceptors (Lipinski definition) is 4. The molecule has 0 spiro atoms. The Morgan fingerprint density at radius 2 is 1.80 bits per heavy atom. The van der Waals surface area contributed by atoms with Crippen LogP contribution in [0.15, 0.2) is 24.3 Å². The third-order valence-corrected chi connectivity index (χ3v) is 2.81. The van der Waals surface area contributed by atoms with Gasteiger partial charge in [0.25, 0.3) is 0 Å². The molecule has 0 unspecified atom stereocenters. The Kier molecular flexibility index (Phi) is 6.55. The summed E-state index contributed by atoms with van der Waals surface area (Å²) in [4.78, 5) is 23.5. The van der Waals surface area contributed by atoms with Crippen LogP contribution in [-0.4, -0.2) is 25.2 Å². The average Bonchev–Trinajstić information content (AvgIpc) is 2.37. The highest BCUT2D eigenvalue weighted by atomic mass is 35.5. The van der Waals surface area contributed by atoms with Crippen molar-refractivity contribution in [1.29, 1.82) is 0 Å². The van der Waals surface area contributed by atoms with Crippen molar-refractivity contribution < 1.29 is 19.1 Å². The minimum Gasteiger partial charge on any atom is -0.463 e. The number of esters is 2. The molecular weight excluding hydrogens is 303 g/mol. The lowest BCUT2D eigenvalue weighted by Gasteiger charge is -2.09. The third-order valence-electron chi connectivity index (χ3n) is 2.27. The van der Waals surface area contributed by atoms with Crippen molar-refractivity contribution in [3.8, 4) is 0 Å². The van der Waals surface area contributed by atoms with Crippen molar-refractivity contribution in [2.75, 3.05) is 13.2 Å². The lowest BCUT2D eigenvalue weighted by atomic mass is 10.1. The second kappa shape index (κ2) is 7.92. The molecule has 6 heteroatoms. The summed E-state index contributed by atoms with van der Waals surface area (Å²) in [5.41, 5.74) is 0.398. The van der Waals surface area contributed by atoms with Gasteiger partial charge in [0.2, 0.25) is 0 Å². The molecule has 0 radical (unpaired) electrons. The molecule has 0 aliphatic carbocycles. The first-order chi connectivity index (χ1) is 9.49. The lowest BCUT2D eigenvalue weighted by Crippen LogP contribution is -2.10. The van der Waals surface area contributed by atoms with Gasteiger partial charge in [0, 0.05) is 16.7 Å². The lowest BCUT2D eigenvalue weighted by molar-refractivity contribution is -0.139. The van der Waals surface area contributed by atoms with Crippen LogP contribution in [0.4, 0.5) is 0 Å². The van der Waals surface area contributed by atoms with Crippen molar-refractivity contribution in [2.45, 2.75) is 13.8 Å². The normalized spacial score (nSPS) is 11.1. The molecule has 0 saturated carbocycles. The van der Waals surface area contributed by atoms with Gasteiger partial charge in [0.15, 0.2) is 0 Å². The van der Waals surface area contributed by atoms with Crippen LogP contribution in [-0.2, 0) is 19.1 Å². The summed E-state index contributed by atoms with van der Waals surface area (Å²) in [5.74, 6) is -1.29. The zero-order valence-electron chi connectivity index (χ0n) is 11.1. The number of carbonyl (C=O) groups excluding carboxylic acids is 2. The summed E-state index contributed by atoms with van der Waals surface area (Å²) in [6, 6.07) is 4.60. The topological polar surface area (TPSA) is 52.6 Å². The molecular formula is C14H14Cl2O4. The van der Waals surface area contributed by atoms with Gasteiger partial charge >= 0.3 is 11.9 Å². The van der Waals surface area contributed by atoms with E-state index in [1.54, 1.807) is 26.0 Å². The Labute approximate surface area is 127 Å². The summed E-state index contributed by atoms with van der Waals surface area (Å²) >= 11 is 11.8. The van der Waals surface area contributed by atoms with Crippen LogP contribution in [0.1, 0.15) is 19.4 Å². The first kappa shape index (κ1) is 16.5. The fourth-order valence-corrected chi connectivity index (χ4v) is 1.98. The molecule has 0 bridgehead atoms. The fraction of sp³-hybridized carbons (Fsp3) is 0.286. The molecule has 1 aromatic rings. The first-order valence-corrected chi connectivity index (χ1v) is 6.76. The van der Waals surface area contributed by atoms with Gasteiger partial charge in [-0.2, -0.15) is 0 Å². The molecule has 0 atom stereocenters. The van der Waals surface area contributed by atoms with Gasteiger partial charge in [-0.25, -0.2) is 9.59 Å². The quantitative estimate of drug-likeness (QED) is 0.616. The van der Waals surface area contributed by atoms with Crippen LogP contribution >= 0.6 is 23.2 Å². The van der Waals surface area contributed by atoms with E-state index in [1.807, 2.05) is 0 Å². The van der Waals surface area contributed by atoms with E-state index in [0.717, 1.165) is 6.08 Å². The van der Waals surface area contributed by atoms with Crippen molar-refractivity contribution in [2.24, 2.45) is 0 Å². The Morgan fingerprint density at radius 3 is 2.35 bits per heavy atom. The van der Waals surface area contributed by atoms with Crippen molar-refractivity contribution in [3.05, 3.63) is 39.9 Å². The molecule has 1 rings (SSSR count). The predicted molar refractivity (Wildman–Crippen MR) is 77.7 cm³/mol. The summed E-state index contributed by atoms with van der Waals surface area (Å²) < 4.78 is 9.71. The number of halogens is 2. The number of carbonyl (C=O) groups is 2. The number of hydrogen-bond donors (Lipinski definition) is 0. The molecule has 0 fully saturated rings. The van der Waals surface area contributed by atoms with E-state index in [1.165, 1.54) is 6.07 Å². The number of rotatable bonds is 5. The first-order valence-electron chi connectivity index (χ1n) is 6.00. The summed E-state index contributed by atoms with van der Waals surface area (Å²) in [6.07, 6.45) is 1.07. The maximum absolute atomic E-state index is 11.9. The Balaban J connectivity index is 3.22. The molecule has 0 amide bonds. The molecule has 0 aromatic heterocycles. The summed E-state index contributed by atoms with van der Waals surface area (Å²) in [5, 5.41) is 0.680. The highest BCUT2D eigenvalue weighted by Crippen LogP contribution is 2.28. The minimum absolute atomic E-state index is 0.0342. The molecule has 0 aliphatic heterocycles. The standard InChI is InChI=1S/C14H14Cl2O4/c1-3-19-13(17)8-11(14(18)20-4-2)10-6-5-9(15)7-12(10)16/h5-8H,3-4H2,1-2H3. The third kappa shape index (κ3) is 4.54. The zero-order valence-corrected chi connectivity index (χ0v) is 12.6. The van der Waals surface area contributed by atoms with Crippen LogP contribution in [0.5, 0.6) is 0 Å². The van der Waals surface area contributed by atoms with Crippen LogP contribution in [0.3, 0.4) is 0 Å². The van der Waals surface area contributed by atoms with Gasteiger partial charge in [-0.05, 0) is 26.0 Å². The average molecular weight is 317 g/mol. The molecule has 4 nitrogen and oxygen atoms in total. The van der Waals surface area contributed by atoms with Crippen LogP contribution < -0.4 is 0 Å². The largest absolute Gasteiger partial charge is 0.463 e. The maximum Gasteiger partial charge on any atom is 0.339 e. The van der Waals surface area contributed by atoms with E-state index in [9.17, 15) is 9.59 Å². The number of ether oxygens (including phenoxy) is 2. The van der Waals surface area contributed by atoms with Crippen molar-refractivity contribution >= 4 is 40.7 Å². The van der Waals surface area contributed by atoms with E-state index >= 15 is 0 Å². The monoisotopic (exact) mass is 316 g/mol. The molecule has 108 valence electrons. The second-order valence-corrected chi connectivity index (χ2v) is 4.50. The van der Waals surface area contributed by atoms with Crippen molar-refractivity contribution in [1.82, 2.24) is 0 Å². The van der Waals surface area contributed by atoms with E-state index < -0.39 is 11.9 Å². The van der Waals surface area contributed by atoms with Crippen LogP contribution in [0.2, 0.25) is 10.0 Å². The highest BCUT2D eigenvalue weighted by molar-refractivity contribution is 6.37. The molecule has 0 heterocycles. The highest BCUT2D eigenvalue weighted by Gasteiger charge is 2.18. The van der Waals surface area contributed by atoms with E-state index in [2.05, 4.69) is 0 Å². The minimum atomic E-state index is -0.648. The molecule has 20 heavy (non-hydrogen) atoms. The Morgan fingerprint density at radius 1 is 1.15 bits per heavy atom. The van der Waals surface area contributed by atoms with E-state index in [0.29, 0.717) is 10.6 Å². The fourth-order valence-electron chi connectivity index (χ4n) is 1.47. The van der Waals surface area contributed by atoms with Gasteiger partial charge in [0.1, 0.15) is 0 Å². The predicted octanol–water partition coefficient (Wildman–Crippen LogP) is 3.50. The van der Waals surface area contributed by atoms with Crippen LogP contribution in [0, 0.1) is 0 Å². The molecule has 0 saturated heterocycles. The van der Waals surface area contributed by atoms with Gasteiger partial charge in [0.05, 0.1) is 23.8 Å². The zero-order chi connectivity index (χ0) is 15.1. The molecule has 1 aromatic carbocycles. The summed E-state index contributed by atoms with van der Waals surface area (Å²) in [6.45, 7) is 3.73. The Hall–Kier alpha value is -1.52. The number of benzene rings is 1. The van der Waals surface area contributed by atoms with Gasteiger partial charge in [-0.15, -0.1) is 0 Å². The van der Waals surface area contributed by atoms with Gasteiger partial charge < -0.3 is 9.47 Å². The summed E-state index contributed by atoms with van der Waals surface area (Å²) in [7, 11) is 0. The van der Waals surface area contributed by atoms with E-state index in [-0.39, 0.29) is 23.8 Å². The van der Waals surface area contributed by atoms with Crippen molar-refractivity contribution in [3.63, 3.8) is 0 Å². The maximum atomic E-state index is 11.9.